The third-order valence-corrected chi connectivity index (χ3v) is 10.5. The molecule has 0 fully saturated rings. The van der Waals surface area contributed by atoms with E-state index in [9.17, 15) is 8.78 Å². The maximum Gasteiger partial charge on any atom is 0.191 e. The lowest BCUT2D eigenvalue weighted by molar-refractivity contribution is 0.276. The zero-order chi connectivity index (χ0) is 21.4. The Morgan fingerprint density at radius 2 is 1.72 bits per heavy atom. The predicted octanol–water partition coefficient (Wildman–Crippen LogP) is 6.58. The third kappa shape index (κ3) is 4.38. The summed E-state index contributed by atoms with van der Waals surface area (Å²) in [6, 6.07) is 12.1. The number of aromatic nitrogens is 1. The minimum atomic E-state index is -1.81. The van der Waals surface area contributed by atoms with E-state index in [0.717, 1.165) is 23.4 Å². The first-order chi connectivity index (χ1) is 13.5. The molecule has 1 heterocycles. The van der Waals surface area contributed by atoms with E-state index in [1.807, 2.05) is 30.3 Å². The van der Waals surface area contributed by atoms with Gasteiger partial charge < -0.3 is 14.7 Å². The Labute approximate surface area is 172 Å². The average molecular weight is 417 g/mol. The molecule has 0 unspecified atom stereocenters. The number of benzene rings is 2. The fraction of sp³-hybridized carbons (Fsp3) is 0.391. The molecule has 2 aromatic carbocycles. The van der Waals surface area contributed by atoms with Gasteiger partial charge in [-0.3, -0.25) is 0 Å². The van der Waals surface area contributed by atoms with Crippen molar-refractivity contribution in [2.75, 3.05) is 12.3 Å². The summed E-state index contributed by atoms with van der Waals surface area (Å²) in [5, 5.41) is 1.17. The lowest BCUT2D eigenvalue weighted by atomic mass is 10.1. The Morgan fingerprint density at radius 1 is 1.03 bits per heavy atom. The Balaban J connectivity index is 1.90. The molecule has 3 aromatic rings. The summed E-state index contributed by atoms with van der Waals surface area (Å²) in [6.45, 7) is 12.5. The first-order valence-electron chi connectivity index (χ1n) is 9.98. The van der Waals surface area contributed by atoms with Crippen molar-refractivity contribution in [2.45, 2.75) is 51.9 Å². The molecule has 156 valence electrons. The Bertz CT molecular complexity index is 1020. The van der Waals surface area contributed by atoms with Crippen molar-refractivity contribution in [3.8, 4) is 11.3 Å². The number of rotatable bonds is 6. The minimum absolute atomic E-state index is 0.0560. The van der Waals surface area contributed by atoms with Crippen LogP contribution in [-0.2, 0) is 11.0 Å². The second kappa shape index (κ2) is 7.92. The number of nitrogen functional groups attached to an aromatic ring is 1. The molecule has 0 aliphatic rings. The van der Waals surface area contributed by atoms with Gasteiger partial charge in [-0.2, -0.15) is 0 Å². The number of nitrogens with two attached hydrogens (primary N) is 1. The summed E-state index contributed by atoms with van der Waals surface area (Å²) in [4.78, 5) is 0. The molecule has 0 aliphatic heterocycles. The summed E-state index contributed by atoms with van der Waals surface area (Å²) < 4.78 is 36.6. The van der Waals surface area contributed by atoms with E-state index in [1.165, 1.54) is 6.07 Å². The summed E-state index contributed by atoms with van der Waals surface area (Å²) in [5.41, 5.74) is 7.68. The van der Waals surface area contributed by atoms with Crippen molar-refractivity contribution in [2.24, 2.45) is 0 Å². The van der Waals surface area contributed by atoms with E-state index in [4.69, 9.17) is 10.2 Å². The van der Waals surface area contributed by atoms with Crippen LogP contribution in [0.1, 0.15) is 27.2 Å². The average Bonchev–Trinajstić information content (AvgIpc) is 2.99. The fourth-order valence-corrected chi connectivity index (χ4v) is 4.29. The van der Waals surface area contributed by atoms with E-state index in [-0.39, 0.29) is 10.7 Å². The van der Waals surface area contributed by atoms with Crippen molar-refractivity contribution in [1.29, 1.82) is 0 Å². The zero-order valence-corrected chi connectivity index (χ0v) is 18.9. The van der Waals surface area contributed by atoms with Crippen molar-refractivity contribution in [3.05, 3.63) is 54.1 Å². The zero-order valence-electron chi connectivity index (χ0n) is 17.9. The highest BCUT2D eigenvalue weighted by molar-refractivity contribution is 6.74. The molecular formula is C23H30F2N2OSi. The lowest BCUT2D eigenvalue weighted by Crippen LogP contribution is -2.41. The van der Waals surface area contributed by atoms with Gasteiger partial charge in [0.05, 0.1) is 11.4 Å². The molecular weight excluding hydrogens is 386 g/mol. The van der Waals surface area contributed by atoms with E-state index in [1.54, 1.807) is 0 Å². The standard InChI is InChI=1S/C23H30F2N2OSi/c1-23(2,3)29(4,5)28-12-8-11-27-21-10-7-6-9-16(21)13-22(27)17-14-20(26)19(25)15-18(17)24/h6-7,9-10,13-15H,8,11-12,26H2,1-5H3. The number of halogens is 2. The summed E-state index contributed by atoms with van der Waals surface area (Å²) in [6.07, 6.45) is 0.802. The summed E-state index contributed by atoms with van der Waals surface area (Å²) in [5.74, 6) is -1.35. The van der Waals surface area contributed by atoms with Gasteiger partial charge in [0.15, 0.2) is 8.32 Å². The second-order valence-corrected chi connectivity index (χ2v) is 13.9. The van der Waals surface area contributed by atoms with Crippen LogP contribution >= 0.6 is 0 Å². The van der Waals surface area contributed by atoms with Crippen molar-refractivity contribution >= 4 is 24.9 Å². The highest BCUT2D eigenvalue weighted by Crippen LogP contribution is 2.37. The highest BCUT2D eigenvalue weighted by Gasteiger charge is 2.36. The van der Waals surface area contributed by atoms with Crippen LogP contribution in [0.25, 0.3) is 22.2 Å². The molecule has 0 atom stereocenters. The van der Waals surface area contributed by atoms with Gasteiger partial charge in [0.2, 0.25) is 0 Å². The number of hydrogen-bond acceptors (Lipinski definition) is 2. The topological polar surface area (TPSA) is 40.2 Å². The number of hydrogen-bond donors (Lipinski definition) is 1. The molecule has 0 spiro atoms. The first kappa shape index (κ1) is 21.5. The van der Waals surface area contributed by atoms with Gasteiger partial charge in [0, 0.05) is 35.7 Å². The van der Waals surface area contributed by atoms with Crippen LogP contribution < -0.4 is 5.73 Å². The van der Waals surface area contributed by atoms with E-state index in [2.05, 4.69) is 38.4 Å². The van der Waals surface area contributed by atoms with Gasteiger partial charge in [0.1, 0.15) is 11.6 Å². The number of fused-ring (bicyclic) bond motifs is 1. The quantitative estimate of drug-likeness (QED) is 0.280. The smallest absolute Gasteiger partial charge is 0.191 e. The SMILES string of the molecule is CC(C)(C)[Si](C)(C)OCCCn1c(-c2cc(N)c(F)cc2F)cc2ccccc21. The molecule has 1 aromatic heterocycles. The number of aryl methyl sites for hydroxylation is 1. The molecule has 0 saturated carbocycles. The predicted molar refractivity (Wildman–Crippen MR) is 119 cm³/mol. The fourth-order valence-electron chi connectivity index (χ4n) is 3.20. The van der Waals surface area contributed by atoms with E-state index < -0.39 is 20.0 Å². The van der Waals surface area contributed by atoms with Crippen LogP contribution in [0.3, 0.4) is 0 Å². The summed E-state index contributed by atoms with van der Waals surface area (Å²) in [7, 11) is -1.81. The van der Waals surface area contributed by atoms with Crippen LogP contribution in [0.2, 0.25) is 18.1 Å². The first-order valence-corrected chi connectivity index (χ1v) is 12.9. The maximum atomic E-state index is 14.6. The van der Waals surface area contributed by atoms with Gasteiger partial charge >= 0.3 is 0 Å². The van der Waals surface area contributed by atoms with Gasteiger partial charge in [-0.05, 0) is 42.8 Å². The molecule has 0 radical (unpaired) electrons. The largest absolute Gasteiger partial charge is 0.417 e. The molecule has 6 heteroatoms. The monoisotopic (exact) mass is 416 g/mol. The van der Waals surface area contributed by atoms with Crippen molar-refractivity contribution < 1.29 is 13.2 Å². The molecule has 0 amide bonds. The molecule has 0 aliphatic carbocycles. The van der Waals surface area contributed by atoms with Crippen LogP contribution in [0.15, 0.2) is 42.5 Å². The molecule has 0 saturated heterocycles. The summed E-state index contributed by atoms with van der Waals surface area (Å²) >= 11 is 0. The highest BCUT2D eigenvalue weighted by atomic mass is 28.4. The van der Waals surface area contributed by atoms with Crippen LogP contribution in [-0.4, -0.2) is 19.5 Å². The molecule has 29 heavy (non-hydrogen) atoms. The van der Waals surface area contributed by atoms with Crippen LogP contribution in [0.5, 0.6) is 0 Å². The maximum absolute atomic E-state index is 14.6. The minimum Gasteiger partial charge on any atom is -0.417 e. The molecule has 2 N–H and O–H groups in total. The number of para-hydroxylation sites is 1. The number of anilines is 1. The second-order valence-electron chi connectivity index (χ2n) is 9.06. The number of nitrogens with zero attached hydrogens (tertiary/aromatic N) is 1. The molecule has 3 rings (SSSR count). The third-order valence-electron chi connectivity index (χ3n) is 5.97. The van der Waals surface area contributed by atoms with E-state index in [0.29, 0.717) is 24.4 Å². The molecule has 3 nitrogen and oxygen atoms in total. The normalized spacial score (nSPS) is 12.7. The van der Waals surface area contributed by atoms with Crippen molar-refractivity contribution in [3.63, 3.8) is 0 Å². The Hall–Kier alpha value is -2.18. The van der Waals surface area contributed by atoms with Gasteiger partial charge in [0.25, 0.3) is 0 Å². The van der Waals surface area contributed by atoms with Gasteiger partial charge in [-0.25, -0.2) is 8.78 Å². The Kier molecular flexibility index (Phi) is 5.88. The van der Waals surface area contributed by atoms with Crippen LogP contribution in [0.4, 0.5) is 14.5 Å². The van der Waals surface area contributed by atoms with E-state index >= 15 is 0 Å². The Morgan fingerprint density at radius 3 is 2.41 bits per heavy atom. The van der Waals surface area contributed by atoms with Crippen molar-refractivity contribution in [1.82, 2.24) is 4.57 Å². The van der Waals surface area contributed by atoms with Gasteiger partial charge in [-0.15, -0.1) is 0 Å². The lowest BCUT2D eigenvalue weighted by Gasteiger charge is -2.36. The van der Waals surface area contributed by atoms with Gasteiger partial charge in [-0.1, -0.05) is 39.0 Å². The molecule has 0 bridgehead atoms. The van der Waals surface area contributed by atoms with Crippen LogP contribution in [0, 0.1) is 11.6 Å².